The second kappa shape index (κ2) is 6.23. The van der Waals surface area contributed by atoms with E-state index in [1.165, 1.54) is 6.92 Å². The fourth-order valence-electron chi connectivity index (χ4n) is 1.20. The molecule has 6 heteroatoms. The molecule has 1 amide bonds. The van der Waals surface area contributed by atoms with E-state index in [1.54, 1.807) is 0 Å². The molecule has 0 aliphatic rings. The number of halogens is 3. The van der Waals surface area contributed by atoms with Crippen LogP contribution in [0, 0.1) is 0 Å². The van der Waals surface area contributed by atoms with Crippen molar-refractivity contribution in [2.45, 2.75) is 58.3 Å². The minimum atomic E-state index is -4.20. The van der Waals surface area contributed by atoms with Crippen molar-refractivity contribution < 1.29 is 18.0 Å². The highest BCUT2D eigenvalue weighted by Crippen LogP contribution is 2.21. The summed E-state index contributed by atoms with van der Waals surface area (Å²) in [6.45, 7) is 6.97. The number of amides is 1. The first-order chi connectivity index (χ1) is 7.56. The van der Waals surface area contributed by atoms with E-state index in [9.17, 15) is 18.0 Å². The van der Waals surface area contributed by atoms with E-state index in [0.717, 1.165) is 6.42 Å². The molecule has 0 aliphatic carbocycles. The molecule has 0 aromatic heterocycles. The maximum absolute atomic E-state index is 12.0. The largest absolute Gasteiger partial charge is 0.390 e. The molecule has 3 nitrogen and oxygen atoms in total. The molecule has 1 atom stereocenters. The Hall–Kier alpha value is -0.780. The Morgan fingerprint density at radius 1 is 1.29 bits per heavy atom. The normalized spacial score (nSPS) is 14.5. The predicted molar refractivity (Wildman–Crippen MR) is 60.6 cm³/mol. The van der Waals surface area contributed by atoms with Crippen molar-refractivity contribution in [3.63, 3.8) is 0 Å². The van der Waals surface area contributed by atoms with E-state index in [1.807, 2.05) is 20.8 Å². The number of rotatable bonds is 6. The molecule has 102 valence electrons. The van der Waals surface area contributed by atoms with Crippen LogP contribution in [0.4, 0.5) is 13.2 Å². The van der Waals surface area contributed by atoms with Crippen molar-refractivity contribution in [2.24, 2.45) is 0 Å². The van der Waals surface area contributed by atoms with Gasteiger partial charge in [0.05, 0.1) is 13.0 Å². The molecule has 0 radical (unpaired) electrons. The van der Waals surface area contributed by atoms with Gasteiger partial charge in [0.15, 0.2) is 0 Å². The monoisotopic (exact) mass is 254 g/mol. The zero-order valence-electron chi connectivity index (χ0n) is 10.7. The molecular weight excluding hydrogens is 233 g/mol. The Morgan fingerprint density at radius 3 is 2.24 bits per heavy atom. The minimum absolute atomic E-state index is 0.0966. The van der Waals surface area contributed by atoms with Crippen LogP contribution in [-0.2, 0) is 4.79 Å². The summed E-state index contributed by atoms with van der Waals surface area (Å²) in [5.41, 5.74) is -0.327. The van der Waals surface area contributed by atoms with Crippen molar-refractivity contribution in [1.82, 2.24) is 10.6 Å². The van der Waals surface area contributed by atoms with Crippen LogP contribution in [0.5, 0.6) is 0 Å². The molecule has 0 aliphatic heterocycles. The summed E-state index contributed by atoms with van der Waals surface area (Å²) in [5, 5.41) is 5.30. The maximum Gasteiger partial charge on any atom is 0.390 e. The van der Waals surface area contributed by atoms with Gasteiger partial charge in [0, 0.05) is 11.6 Å². The SMILES string of the molecule is CCC(C)(C)NC(=O)CNC(C)CC(F)(F)F. The summed E-state index contributed by atoms with van der Waals surface area (Å²) >= 11 is 0. The van der Waals surface area contributed by atoms with Crippen LogP contribution in [0.15, 0.2) is 0 Å². The van der Waals surface area contributed by atoms with Crippen molar-refractivity contribution >= 4 is 5.91 Å². The number of alkyl halides is 3. The zero-order chi connectivity index (χ0) is 13.7. The third kappa shape index (κ3) is 8.97. The van der Waals surface area contributed by atoms with Crippen molar-refractivity contribution in [1.29, 1.82) is 0 Å². The summed E-state index contributed by atoms with van der Waals surface area (Å²) in [7, 11) is 0. The topological polar surface area (TPSA) is 41.1 Å². The second-order valence-electron chi connectivity index (χ2n) is 4.89. The lowest BCUT2D eigenvalue weighted by Crippen LogP contribution is -2.48. The first kappa shape index (κ1) is 16.2. The van der Waals surface area contributed by atoms with Crippen LogP contribution in [0.1, 0.15) is 40.5 Å². The number of nitrogens with one attached hydrogen (secondary N) is 2. The van der Waals surface area contributed by atoms with Gasteiger partial charge in [-0.2, -0.15) is 13.2 Å². The van der Waals surface area contributed by atoms with Crippen LogP contribution in [0.2, 0.25) is 0 Å². The Bertz CT molecular complexity index is 252. The average molecular weight is 254 g/mol. The predicted octanol–water partition coefficient (Wildman–Crippen LogP) is 2.22. The first-order valence-corrected chi connectivity index (χ1v) is 5.67. The molecule has 0 saturated heterocycles. The highest BCUT2D eigenvalue weighted by atomic mass is 19.4. The number of carbonyl (C=O) groups excluding carboxylic acids is 1. The van der Waals surface area contributed by atoms with Gasteiger partial charge in [0.25, 0.3) is 0 Å². The first-order valence-electron chi connectivity index (χ1n) is 5.67. The number of hydrogen-bond acceptors (Lipinski definition) is 2. The van der Waals surface area contributed by atoms with Crippen LogP contribution in [0.3, 0.4) is 0 Å². The Kier molecular flexibility index (Phi) is 5.95. The van der Waals surface area contributed by atoms with E-state index >= 15 is 0 Å². The molecule has 0 fully saturated rings. The smallest absolute Gasteiger partial charge is 0.350 e. The Morgan fingerprint density at radius 2 is 1.82 bits per heavy atom. The Balaban J connectivity index is 3.93. The van der Waals surface area contributed by atoms with Crippen LogP contribution >= 0.6 is 0 Å². The highest BCUT2D eigenvalue weighted by Gasteiger charge is 2.30. The van der Waals surface area contributed by atoms with Crippen LogP contribution in [-0.4, -0.2) is 30.2 Å². The molecule has 17 heavy (non-hydrogen) atoms. The number of hydrogen-bond donors (Lipinski definition) is 2. The number of carbonyl (C=O) groups is 1. The van der Waals surface area contributed by atoms with E-state index in [4.69, 9.17) is 0 Å². The molecule has 2 N–H and O–H groups in total. The lowest BCUT2D eigenvalue weighted by molar-refractivity contribution is -0.140. The van der Waals surface area contributed by atoms with Gasteiger partial charge in [0.2, 0.25) is 5.91 Å². The zero-order valence-corrected chi connectivity index (χ0v) is 10.7. The highest BCUT2D eigenvalue weighted by molar-refractivity contribution is 5.78. The fraction of sp³-hybridized carbons (Fsp3) is 0.909. The van der Waals surface area contributed by atoms with Crippen LogP contribution in [0.25, 0.3) is 0 Å². The van der Waals surface area contributed by atoms with Gasteiger partial charge in [-0.05, 0) is 27.2 Å². The third-order valence-corrected chi connectivity index (χ3v) is 2.51. The molecule has 0 heterocycles. The van der Waals surface area contributed by atoms with Gasteiger partial charge in [0.1, 0.15) is 0 Å². The van der Waals surface area contributed by atoms with E-state index < -0.39 is 18.6 Å². The fourth-order valence-corrected chi connectivity index (χ4v) is 1.20. The van der Waals surface area contributed by atoms with Gasteiger partial charge in [-0.3, -0.25) is 4.79 Å². The van der Waals surface area contributed by atoms with Crippen LogP contribution < -0.4 is 10.6 Å². The van der Waals surface area contributed by atoms with Gasteiger partial charge in [-0.15, -0.1) is 0 Å². The molecule has 0 aromatic carbocycles. The quantitative estimate of drug-likeness (QED) is 0.763. The molecule has 0 aromatic rings. The summed E-state index contributed by atoms with van der Waals surface area (Å²) < 4.78 is 36.0. The van der Waals surface area contributed by atoms with Gasteiger partial charge >= 0.3 is 6.18 Å². The lowest BCUT2D eigenvalue weighted by Gasteiger charge is -2.25. The van der Waals surface area contributed by atoms with Gasteiger partial charge in [-0.1, -0.05) is 6.92 Å². The molecule has 0 saturated carbocycles. The maximum atomic E-state index is 12.0. The summed E-state index contributed by atoms with van der Waals surface area (Å²) in [6.07, 6.45) is -4.38. The van der Waals surface area contributed by atoms with Crippen molar-refractivity contribution in [3.05, 3.63) is 0 Å². The molecule has 1 unspecified atom stereocenters. The van der Waals surface area contributed by atoms with E-state index in [0.29, 0.717) is 0 Å². The second-order valence-corrected chi connectivity index (χ2v) is 4.89. The molecule has 0 rings (SSSR count). The Labute approximate surface area is 100 Å². The summed E-state index contributed by atoms with van der Waals surface area (Å²) in [4.78, 5) is 11.4. The minimum Gasteiger partial charge on any atom is -0.350 e. The van der Waals surface area contributed by atoms with Gasteiger partial charge < -0.3 is 10.6 Å². The lowest BCUT2D eigenvalue weighted by atomic mass is 10.0. The summed E-state index contributed by atoms with van der Waals surface area (Å²) in [6, 6.07) is -0.759. The summed E-state index contributed by atoms with van der Waals surface area (Å²) in [5.74, 6) is -0.286. The van der Waals surface area contributed by atoms with E-state index in [2.05, 4.69) is 10.6 Å². The molecular formula is C11H21F3N2O. The van der Waals surface area contributed by atoms with Crippen molar-refractivity contribution in [3.8, 4) is 0 Å². The average Bonchev–Trinajstić information content (AvgIpc) is 2.11. The molecule has 0 bridgehead atoms. The van der Waals surface area contributed by atoms with Gasteiger partial charge in [-0.25, -0.2) is 0 Å². The molecule has 0 spiro atoms. The van der Waals surface area contributed by atoms with E-state index in [-0.39, 0.29) is 18.0 Å². The standard InChI is InChI=1S/C11H21F3N2O/c1-5-10(3,4)16-9(17)7-15-8(2)6-11(12,13)14/h8,15H,5-7H2,1-4H3,(H,16,17). The van der Waals surface area contributed by atoms with Crippen molar-refractivity contribution in [2.75, 3.05) is 6.54 Å². The third-order valence-electron chi connectivity index (χ3n) is 2.51.